The highest BCUT2D eigenvalue weighted by molar-refractivity contribution is 5.74. The van der Waals surface area contributed by atoms with E-state index in [-0.39, 0.29) is 32.1 Å². The number of ether oxygens (including phenoxy) is 3. The van der Waals surface area contributed by atoms with E-state index in [9.17, 15) is 14.4 Å². The summed E-state index contributed by atoms with van der Waals surface area (Å²) in [5.74, 6) is -1.92. The zero-order valence-corrected chi connectivity index (χ0v) is 22.8. The maximum absolute atomic E-state index is 12.6. The quantitative estimate of drug-likeness (QED) is 0.101. The van der Waals surface area contributed by atoms with Gasteiger partial charge in [0, 0.05) is 19.3 Å². The lowest BCUT2D eigenvalue weighted by Gasteiger charge is -2.31. The highest BCUT2D eigenvalue weighted by Crippen LogP contribution is 2.26. The number of hydrogen-bond donors (Lipinski definition) is 0. The lowest BCUT2D eigenvalue weighted by molar-refractivity contribution is -0.332. The summed E-state index contributed by atoms with van der Waals surface area (Å²) in [5, 5.41) is 0. The molecule has 0 aromatic rings. The lowest BCUT2D eigenvalue weighted by Crippen LogP contribution is -2.44. The van der Waals surface area contributed by atoms with Crippen molar-refractivity contribution in [3.8, 4) is 0 Å². The summed E-state index contributed by atoms with van der Waals surface area (Å²) in [6.45, 7) is 16.6. The predicted molar refractivity (Wildman–Crippen MR) is 136 cm³/mol. The minimum absolute atomic E-state index is 0.0141. The fraction of sp³-hybridized carbons (Fsp3) is 0.857. The van der Waals surface area contributed by atoms with Crippen molar-refractivity contribution in [3.05, 3.63) is 6.92 Å². The predicted octanol–water partition coefficient (Wildman–Crippen LogP) is 7.53. The summed E-state index contributed by atoms with van der Waals surface area (Å²) in [6, 6.07) is 0. The minimum atomic E-state index is -2.03. The van der Waals surface area contributed by atoms with Crippen LogP contribution in [-0.4, -0.2) is 23.9 Å². The van der Waals surface area contributed by atoms with Gasteiger partial charge in [-0.1, -0.05) is 87.0 Å². The lowest BCUT2D eigenvalue weighted by atomic mass is 10.1. The van der Waals surface area contributed by atoms with Crippen molar-refractivity contribution in [2.24, 2.45) is 17.8 Å². The molecule has 0 aromatic heterocycles. The van der Waals surface area contributed by atoms with Gasteiger partial charge < -0.3 is 14.2 Å². The molecule has 0 aromatic carbocycles. The van der Waals surface area contributed by atoms with Gasteiger partial charge in [0.15, 0.2) is 0 Å². The Bertz CT molecular complexity index is 493. The molecule has 199 valence electrons. The van der Waals surface area contributed by atoms with Gasteiger partial charge in [0.25, 0.3) is 0 Å². The molecule has 0 aliphatic heterocycles. The largest absolute Gasteiger partial charge is 0.423 e. The smallest absolute Gasteiger partial charge is 0.388 e. The van der Waals surface area contributed by atoms with Crippen LogP contribution in [0.5, 0.6) is 0 Å². The SMILES string of the molecule is [CH2]CCC(OC(=O)CCCCC(C)C)(OC(=O)CCCCC(C)C)OC(=O)CCCCC(C)C. The van der Waals surface area contributed by atoms with E-state index in [0.29, 0.717) is 37.0 Å². The van der Waals surface area contributed by atoms with E-state index in [1.165, 1.54) is 0 Å². The molecular formula is C28H51O6. The molecule has 0 aliphatic carbocycles. The first kappa shape index (κ1) is 32.4. The van der Waals surface area contributed by atoms with E-state index in [0.717, 1.165) is 38.5 Å². The number of unbranched alkanes of at least 4 members (excludes halogenated alkanes) is 3. The molecule has 0 bridgehead atoms. The molecule has 0 aliphatic rings. The van der Waals surface area contributed by atoms with Gasteiger partial charge in [0.05, 0.1) is 6.42 Å². The van der Waals surface area contributed by atoms with Crippen molar-refractivity contribution in [3.63, 3.8) is 0 Å². The molecule has 6 heteroatoms. The van der Waals surface area contributed by atoms with Crippen LogP contribution in [0.2, 0.25) is 0 Å². The van der Waals surface area contributed by atoms with Gasteiger partial charge in [-0.15, -0.1) is 0 Å². The second-order valence-corrected chi connectivity index (χ2v) is 10.6. The Labute approximate surface area is 208 Å². The minimum Gasteiger partial charge on any atom is -0.388 e. The van der Waals surface area contributed by atoms with Gasteiger partial charge in [-0.25, -0.2) is 0 Å². The molecule has 6 nitrogen and oxygen atoms in total. The van der Waals surface area contributed by atoms with Crippen molar-refractivity contribution in [1.82, 2.24) is 0 Å². The summed E-state index contributed by atoms with van der Waals surface area (Å²) in [7, 11) is 0. The molecule has 0 heterocycles. The molecule has 0 fully saturated rings. The van der Waals surface area contributed by atoms with Crippen LogP contribution in [0.1, 0.15) is 131 Å². The first-order valence-corrected chi connectivity index (χ1v) is 13.4. The van der Waals surface area contributed by atoms with Crippen LogP contribution in [0.4, 0.5) is 0 Å². The molecule has 1 radical (unpaired) electrons. The Balaban J connectivity index is 5.14. The van der Waals surface area contributed by atoms with E-state index >= 15 is 0 Å². The number of esters is 3. The summed E-state index contributed by atoms with van der Waals surface area (Å²) in [5.41, 5.74) is 0. The van der Waals surface area contributed by atoms with E-state index < -0.39 is 23.9 Å². The molecule has 0 atom stereocenters. The molecule has 0 saturated carbocycles. The van der Waals surface area contributed by atoms with E-state index in [4.69, 9.17) is 14.2 Å². The van der Waals surface area contributed by atoms with Crippen LogP contribution in [0, 0.1) is 24.7 Å². The first-order valence-electron chi connectivity index (χ1n) is 13.4. The number of rotatable bonds is 20. The van der Waals surface area contributed by atoms with E-state index in [2.05, 4.69) is 48.5 Å². The maximum Gasteiger partial charge on any atom is 0.423 e. The zero-order chi connectivity index (χ0) is 26.0. The average molecular weight is 484 g/mol. The fourth-order valence-corrected chi connectivity index (χ4v) is 3.57. The average Bonchev–Trinajstić information content (AvgIpc) is 2.71. The van der Waals surface area contributed by atoms with E-state index in [1.54, 1.807) is 0 Å². The van der Waals surface area contributed by atoms with Crippen LogP contribution >= 0.6 is 0 Å². The van der Waals surface area contributed by atoms with Crippen LogP contribution < -0.4 is 0 Å². The van der Waals surface area contributed by atoms with Gasteiger partial charge in [-0.2, -0.15) is 0 Å². The highest BCUT2D eigenvalue weighted by atomic mass is 16.9. The Morgan fingerprint density at radius 3 is 1.12 bits per heavy atom. The topological polar surface area (TPSA) is 78.9 Å². The van der Waals surface area contributed by atoms with Gasteiger partial charge in [0.1, 0.15) is 0 Å². The van der Waals surface area contributed by atoms with Gasteiger partial charge in [-0.05, 0) is 43.4 Å². The first-order chi connectivity index (χ1) is 16.0. The standard InChI is InChI=1S/C28H51O6/c1-8-21-28(32-25(29)18-12-9-15-22(2)3,33-26(30)19-13-10-16-23(4)5)34-27(31)20-14-11-17-24(6)7/h22-24H,1,8-21H2,2-7H3. The van der Waals surface area contributed by atoms with Crippen molar-refractivity contribution >= 4 is 17.9 Å². The molecule has 0 spiro atoms. The monoisotopic (exact) mass is 483 g/mol. The Hall–Kier alpha value is -1.59. The van der Waals surface area contributed by atoms with Gasteiger partial charge in [-0.3, -0.25) is 14.4 Å². The van der Waals surface area contributed by atoms with Crippen LogP contribution in [0.15, 0.2) is 0 Å². The van der Waals surface area contributed by atoms with E-state index in [1.807, 2.05) is 0 Å². The number of hydrogen-bond acceptors (Lipinski definition) is 6. The van der Waals surface area contributed by atoms with Gasteiger partial charge >= 0.3 is 23.9 Å². The highest BCUT2D eigenvalue weighted by Gasteiger charge is 2.42. The van der Waals surface area contributed by atoms with Gasteiger partial charge in [0.2, 0.25) is 0 Å². The molecule has 0 saturated heterocycles. The summed E-state index contributed by atoms with van der Waals surface area (Å²) >= 11 is 0. The Morgan fingerprint density at radius 2 is 0.882 bits per heavy atom. The molecule has 0 unspecified atom stereocenters. The summed E-state index contributed by atoms with van der Waals surface area (Å²) in [6.07, 6.45) is 8.63. The summed E-state index contributed by atoms with van der Waals surface area (Å²) in [4.78, 5) is 37.8. The molecule has 0 amide bonds. The second-order valence-electron chi connectivity index (χ2n) is 10.6. The number of carbonyl (C=O) groups excluding carboxylic acids is 3. The molecule has 0 N–H and O–H groups in total. The van der Waals surface area contributed by atoms with Crippen molar-refractivity contribution in [2.45, 2.75) is 137 Å². The molecule has 0 rings (SSSR count). The molecule has 34 heavy (non-hydrogen) atoms. The fourth-order valence-electron chi connectivity index (χ4n) is 3.57. The Kier molecular flexibility index (Phi) is 17.8. The van der Waals surface area contributed by atoms with Crippen LogP contribution in [0.3, 0.4) is 0 Å². The third-order valence-corrected chi connectivity index (χ3v) is 5.53. The van der Waals surface area contributed by atoms with Crippen LogP contribution in [-0.2, 0) is 28.6 Å². The Morgan fingerprint density at radius 1 is 0.588 bits per heavy atom. The zero-order valence-electron chi connectivity index (χ0n) is 22.8. The normalized spacial score (nSPS) is 11.8. The van der Waals surface area contributed by atoms with Crippen molar-refractivity contribution in [2.75, 3.05) is 0 Å². The molecular weight excluding hydrogens is 432 g/mol. The summed E-state index contributed by atoms with van der Waals surface area (Å²) < 4.78 is 16.7. The third kappa shape index (κ3) is 17.8. The van der Waals surface area contributed by atoms with Crippen LogP contribution in [0.25, 0.3) is 0 Å². The maximum atomic E-state index is 12.6. The third-order valence-electron chi connectivity index (χ3n) is 5.53. The number of carbonyl (C=O) groups is 3. The van der Waals surface area contributed by atoms with Crippen molar-refractivity contribution < 1.29 is 28.6 Å². The second kappa shape index (κ2) is 18.7. The van der Waals surface area contributed by atoms with Crippen molar-refractivity contribution in [1.29, 1.82) is 0 Å².